The van der Waals surface area contributed by atoms with E-state index in [-0.39, 0.29) is 10.7 Å². The molecule has 1 fully saturated rings. The SMILES string of the molecule is Cc1cccc(NC(=O)/C(C#N)=C\[C@@H]2C(=O)NC(=S)N(c3ccccc3)C2=O)c1. The fourth-order valence-corrected chi connectivity index (χ4v) is 3.11. The number of rotatable bonds is 4. The Balaban J connectivity index is 1.88. The summed E-state index contributed by atoms with van der Waals surface area (Å²) >= 11 is 5.12. The predicted molar refractivity (Wildman–Crippen MR) is 112 cm³/mol. The van der Waals surface area contributed by atoms with E-state index in [4.69, 9.17) is 12.2 Å². The Morgan fingerprint density at radius 1 is 1.21 bits per heavy atom. The molecule has 8 heteroatoms. The fraction of sp³-hybridized carbons (Fsp3) is 0.0952. The zero-order valence-electron chi connectivity index (χ0n) is 15.4. The molecule has 1 saturated heterocycles. The normalized spacial score (nSPS) is 16.8. The molecule has 2 aromatic rings. The lowest BCUT2D eigenvalue weighted by Gasteiger charge is -2.31. The first kappa shape index (κ1) is 19.9. The number of carbonyl (C=O) groups is 3. The lowest BCUT2D eigenvalue weighted by molar-refractivity contribution is -0.131. The van der Waals surface area contributed by atoms with Gasteiger partial charge in [0, 0.05) is 5.69 Å². The van der Waals surface area contributed by atoms with Crippen molar-refractivity contribution in [2.75, 3.05) is 10.2 Å². The topological polar surface area (TPSA) is 102 Å². The van der Waals surface area contributed by atoms with Gasteiger partial charge in [-0.2, -0.15) is 5.26 Å². The summed E-state index contributed by atoms with van der Waals surface area (Å²) < 4.78 is 0. The van der Waals surface area contributed by atoms with Crippen molar-refractivity contribution in [3.8, 4) is 6.07 Å². The van der Waals surface area contributed by atoms with E-state index in [2.05, 4.69) is 10.6 Å². The van der Waals surface area contributed by atoms with Crippen LogP contribution in [0.5, 0.6) is 0 Å². The third-order valence-electron chi connectivity index (χ3n) is 4.19. The van der Waals surface area contributed by atoms with Crippen LogP contribution in [0.25, 0.3) is 0 Å². The molecule has 1 heterocycles. The van der Waals surface area contributed by atoms with Gasteiger partial charge in [-0.25, -0.2) is 0 Å². The molecule has 0 unspecified atom stereocenters. The Bertz CT molecular complexity index is 1070. The summed E-state index contributed by atoms with van der Waals surface area (Å²) in [6, 6.07) is 17.4. The van der Waals surface area contributed by atoms with Gasteiger partial charge in [0.05, 0.1) is 5.69 Å². The Morgan fingerprint density at radius 3 is 2.59 bits per heavy atom. The lowest BCUT2D eigenvalue weighted by atomic mass is 10.0. The van der Waals surface area contributed by atoms with E-state index < -0.39 is 23.6 Å². The van der Waals surface area contributed by atoms with Gasteiger partial charge in [-0.3, -0.25) is 19.3 Å². The molecule has 7 nitrogen and oxygen atoms in total. The van der Waals surface area contributed by atoms with Crippen LogP contribution in [-0.2, 0) is 14.4 Å². The van der Waals surface area contributed by atoms with Gasteiger partial charge in [0.15, 0.2) is 5.11 Å². The maximum absolute atomic E-state index is 12.9. The highest BCUT2D eigenvalue weighted by Crippen LogP contribution is 2.22. The lowest BCUT2D eigenvalue weighted by Crippen LogP contribution is -2.57. The standard InChI is InChI=1S/C21H16N4O3S/c1-13-6-5-7-15(10-13)23-18(26)14(12-22)11-17-19(27)24-21(29)25(20(17)28)16-8-3-2-4-9-16/h2-11,17H,1H3,(H,23,26)(H,24,27,29)/b14-11-/t17-/m1/s1. The fourth-order valence-electron chi connectivity index (χ4n) is 2.81. The van der Waals surface area contributed by atoms with Crippen molar-refractivity contribution >= 4 is 46.4 Å². The van der Waals surface area contributed by atoms with Crippen LogP contribution in [0.1, 0.15) is 5.56 Å². The molecule has 144 valence electrons. The molecule has 1 aliphatic rings. The van der Waals surface area contributed by atoms with Crippen molar-refractivity contribution in [1.82, 2.24) is 5.32 Å². The summed E-state index contributed by atoms with van der Waals surface area (Å²) in [6.07, 6.45) is 1.06. The Kier molecular flexibility index (Phi) is 5.81. The minimum atomic E-state index is -1.36. The first-order chi connectivity index (χ1) is 13.9. The number of amides is 3. The second kappa shape index (κ2) is 8.46. The predicted octanol–water partition coefficient (Wildman–Crippen LogP) is 2.45. The van der Waals surface area contributed by atoms with Crippen LogP contribution in [-0.4, -0.2) is 22.8 Å². The maximum atomic E-state index is 12.9. The van der Waals surface area contributed by atoms with Crippen LogP contribution >= 0.6 is 12.2 Å². The molecule has 2 aromatic carbocycles. The molecule has 1 aliphatic heterocycles. The van der Waals surface area contributed by atoms with Crippen molar-refractivity contribution in [2.24, 2.45) is 5.92 Å². The summed E-state index contributed by atoms with van der Waals surface area (Å²) in [5, 5.41) is 14.4. The van der Waals surface area contributed by atoms with Gasteiger partial charge in [-0.1, -0.05) is 30.3 Å². The number of thiocarbonyl (C=S) groups is 1. The van der Waals surface area contributed by atoms with Crippen molar-refractivity contribution in [2.45, 2.75) is 6.92 Å². The van der Waals surface area contributed by atoms with E-state index in [0.717, 1.165) is 11.6 Å². The number of nitrogens with zero attached hydrogens (tertiary/aromatic N) is 2. The van der Waals surface area contributed by atoms with Crippen LogP contribution < -0.4 is 15.5 Å². The van der Waals surface area contributed by atoms with Crippen LogP contribution in [0.4, 0.5) is 11.4 Å². The number of para-hydroxylation sites is 1. The highest BCUT2D eigenvalue weighted by Gasteiger charge is 2.38. The first-order valence-corrected chi connectivity index (χ1v) is 9.05. The minimum Gasteiger partial charge on any atom is -0.321 e. The Morgan fingerprint density at radius 2 is 1.93 bits per heavy atom. The number of carbonyl (C=O) groups excluding carboxylic acids is 3. The number of aryl methyl sites for hydroxylation is 1. The van der Waals surface area contributed by atoms with Crippen molar-refractivity contribution in [3.63, 3.8) is 0 Å². The van der Waals surface area contributed by atoms with Crippen LogP contribution in [0.2, 0.25) is 0 Å². The second-order valence-electron chi connectivity index (χ2n) is 6.30. The zero-order chi connectivity index (χ0) is 21.0. The highest BCUT2D eigenvalue weighted by atomic mass is 32.1. The Labute approximate surface area is 172 Å². The number of hydrogen-bond donors (Lipinski definition) is 2. The van der Waals surface area contributed by atoms with Crippen LogP contribution in [0.3, 0.4) is 0 Å². The third-order valence-corrected chi connectivity index (χ3v) is 4.48. The highest BCUT2D eigenvalue weighted by molar-refractivity contribution is 7.80. The quantitative estimate of drug-likeness (QED) is 0.353. The zero-order valence-corrected chi connectivity index (χ0v) is 16.2. The van der Waals surface area contributed by atoms with E-state index in [1.807, 2.05) is 13.0 Å². The molecule has 0 bridgehead atoms. The van der Waals surface area contributed by atoms with Gasteiger partial charge in [0.25, 0.3) is 5.91 Å². The van der Waals surface area contributed by atoms with Crippen LogP contribution in [0.15, 0.2) is 66.2 Å². The third kappa shape index (κ3) is 4.36. The molecule has 0 saturated carbocycles. The van der Waals surface area contributed by atoms with Gasteiger partial charge in [0.2, 0.25) is 11.8 Å². The summed E-state index contributed by atoms with van der Waals surface area (Å²) in [4.78, 5) is 38.9. The molecule has 0 radical (unpaired) electrons. The summed E-state index contributed by atoms with van der Waals surface area (Å²) in [5.41, 5.74) is 1.56. The molecule has 0 spiro atoms. The molecule has 3 rings (SSSR count). The van der Waals surface area contributed by atoms with Crippen molar-refractivity contribution in [1.29, 1.82) is 5.26 Å². The Hall–Kier alpha value is -3.83. The van der Waals surface area contributed by atoms with Gasteiger partial charge < -0.3 is 10.6 Å². The molecular formula is C21H16N4O3S. The van der Waals surface area contributed by atoms with E-state index >= 15 is 0 Å². The van der Waals surface area contributed by atoms with Crippen molar-refractivity contribution in [3.05, 3.63) is 71.8 Å². The van der Waals surface area contributed by atoms with Gasteiger partial charge in [-0.05, 0) is 55.0 Å². The molecule has 1 atom stereocenters. The molecule has 2 N–H and O–H groups in total. The van der Waals surface area contributed by atoms with Gasteiger partial charge in [0.1, 0.15) is 17.6 Å². The number of nitriles is 1. The largest absolute Gasteiger partial charge is 0.321 e. The molecular weight excluding hydrogens is 388 g/mol. The molecule has 29 heavy (non-hydrogen) atoms. The minimum absolute atomic E-state index is 0.0569. The number of nitrogens with one attached hydrogen (secondary N) is 2. The average molecular weight is 404 g/mol. The summed E-state index contributed by atoms with van der Waals surface area (Å²) in [7, 11) is 0. The second-order valence-corrected chi connectivity index (χ2v) is 6.68. The monoisotopic (exact) mass is 404 g/mol. The first-order valence-electron chi connectivity index (χ1n) is 8.64. The summed E-state index contributed by atoms with van der Waals surface area (Å²) in [6.45, 7) is 1.86. The average Bonchev–Trinajstić information content (AvgIpc) is 2.68. The van der Waals surface area contributed by atoms with E-state index in [1.165, 1.54) is 4.90 Å². The van der Waals surface area contributed by atoms with E-state index in [0.29, 0.717) is 11.4 Å². The number of hydrogen-bond acceptors (Lipinski definition) is 5. The molecule has 0 aromatic heterocycles. The number of benzene rings is 2. The van der Waals surface area contributed by atoms with Gasteiger partial charge in [-0.15, -0.1) is 0 Å². The summed E-state index contributed by atoms with van der Waals surface area (Å²) in [5.74, 6) is -3.40. The maximum Gasteiger partial charge on any atom is 0.266 e. The van der Waals surface area contributed by atoms with Gasteiger partial charge >= 0.3 is 0 Å². The smallest absolute Gasteiger partial charge is 0.266 e. The number of anilines is 2. The molecule has 3 amide bonds. The molecule has 0 aliphatic carbocycles. The van der Waals surface area contributed by atoms with E-state index in [9.17, 15) is 19.6 Å². The van der Waals surface area contributed by atoms with Crippen LogP contribution in [0, 0.1) is 24.2 Å². The van der Waals surface area contributed by atoms with Crippen molar-refractivity contribution < 1.29 is 14.4 Å². The van der Waals surface area contributed by atoms with E-state index in [1.54, 1.807) is 54.6 Å².